The fraction of sp³-hybridized carbons (Fsp3) is 0.714. The van der Waals surface area contributed by atoms with E-state index < -0.39 is 30.6 Å². The largest absolute Gasteiger partial charge is 0.405 e. The highest BCUT2D eigenvalue weighted by Crippen LogP contribution is 2.24. The number of halogens is 3. The summed E-state index contributed by atoms with van der Waals surface area (Å²) in [5, 5.41) is 10.4. The maximum absolute atomic E-state index is 12.0. The lowest BCUT2D eigenvalue weighted by Crippen LogP contribution is -2.43. The van der Waals surface area contributed by atoms with E-state index in [1.165, 1.54) is 6.92 Å². The van der Waals surface area contributed by atoms with Crippen molar-refractivity contribution in [3.05, 3.63) is 0 Å². The highest BCUT2D eigenvalue weighted by atomic mass is 19.4. The number of alkyl halides is 3. The number of primary amides is 1. The number of carbonyl (C=O) groups is 1. The van der Waals surface area contributed by atoms with Gasteiger partial charge in [0.25, 0.3) is 0 Å². The Morgan fingerprint density at radius 1 is 1.64 bits per heavy atom. The third kappa shape index (κ3) is 4.09. The number of nitriles is 1. The van der Waals surface area contributed by atoms with Crippen molar-refractivity contribution in [1.82, 2.24) is 5.32 Å². The Morgan fingerprint density at radius 2 is 2.14 bits per heavy atom. The Hall–Kier alpha value is -1.29. The second-order valence-electron chi connectivity index (χ2n) is 2.76. The fourth-order valence-electron chi connectivity index (χ4n) is 0.630. The molecule has 0 radical (unpaired) electrons. The zero-order valence-electron chi connectivity index (χ0n) is 7.43. The normalized spacial score (nSPS) is 15.6. The summed E-state index contributed by atoms with van der Waals surface area (Å²) in [6.07, 6.45) is -4.58. The topological polar surface area (TPSA) is 78.9 Å². The van der Waals surface area contributed by atoms with Crippen molar-refractivity contribution in [2.75, 3.05) is 6.54 Å². The van der Waals surface area contributed by atoms with Gasteiger partial charge in [0.1, 0.15) is 0 Å². The monoisotopic (exact) mass is 209 g/mol. The van der Waals surface area contributed by atoms with E-state index in [1.807, 2.05) is 0 Å². The highest BCUT2D eigenvalue weighted by molar-refractivity contribution is 5.79. The van der Waals surface area contributed by atoms with Crippen molar-refractivity contribution < 1.29 is 18.0 Å². The molecule has 1 amide bonds. The summed E-state index contributed by atoms with van der Waals surface area (Å²) in [6, 6.07) is 0.215. The number of carbonyl (C=O) groups excluding carboxylic acids is 1. The second-order valence-corrected chi connectivity index (χ2v) is 2.76. The Bertz CT molecular complexity index is 246. The van der Waals surface area contributed by atoms with Crippen molar-refractivity contribution >= 4 is 5.91 Å². The van der Waals surface area contributed by atoms with Crippen LogP contribution in [0.1, 0.15) is 6.92 Å². The van der Waals surface area contributed by atoms with Gasteiger partial charge in [-0.3, -0.25) is 4.79 Å². The van der Waals surface area contributed by atoms with Gasteiger partial charge in [-0.2, -0.15) is 18.4 Å². The van der Waals surface area contributed by atoms with Gasteiger partial charge in [0.2, 0.25) is 5.91 Å². The molecule has 3 N–H and O–H groups in total. The summed E-state index contributed by atoms with van der Waals surface area (Å²) in [5.41, 5.74) is 4.81. The number of hydrogen-bond donors (Lipinski definition) is 2. The Morgan fingerprint density at radius 3 is 2.43 bits per heavy atom. The molecule has 0 aromatic heterocycles. The van der Waals surface area contributed by atoms with Gasteiger partial charge in [-0.25, -0.2) is 0 Å². The Kier molecular flexibility index (Phi) is 4.37. The molecule has 0 aliphatic carbocycles. The summed E-state index contributed by atoms with van der Waals surface area (Å²) in [5.74, 6) is -2.88. The van der Waals surface area contributed by atoms with Crippen LogP contribution >= 0.6 is 0 Å². The lowest BCUT2D eigenvalue weighted by molar-refractivity contribution is -0.158. The summed E-state index contributed by atoms with van der Waals surface area (Å²) >= 11 is 0. The van der Waals surface area contributed by atoms with Crippen molar-refractivity contribution in [3.63, 3.8) is 0 Å². The third-order valence-electron chi connectivity index (χ3n) is 1.61. The molecule has 0 spiro atoms. The van der Waals surface area contributed by atoms with E-state index in [2.05, 4.69) is 5.32 Å². The average molecular weight is 209 g/mol. The van der Waals surface area contributed by atoms with Crippen LogP contribution in [0.3, 0.4) is 0 Å². The van der Waals surface area contributed by atoms with Gasteiger partial charge < -0.3 is 11.1 Å². The predicted octanol–water partition coefficient (Wildman–Crippen LogP) is 0.152. The van der Waals surface area contributed by atoms with Gasteiger partial charge in [0, 0.05) is 6.54 Å². The van der Waals surface area contributed by atoms with Crippen LogP contribution < -0.4 is 11.1 Å². The van der Waals surface area contributed by atoms with E-state index >= 15 is 0 Å². The smallest absolute Gasteiger partial charge is 0.368 e. The SMILES string of the molecule is CC(NCC(C#N)C(F)(F)F)C(N)=O. The molecule has 0 aliphatic rings. The first kappa shape index (κ1) is 12.7. The van der Waals surface area contributed by atoms with Crippen LogP contribution in [0.25, 0.3) is 0 Å². The maximum Gasteiger partial charge on any atom is 0.405 e. The molecule has 0 rings (SSSR count). The minimum Gasteiger partial charge on any atom is -0.368 e. The van der Waals surface area contributed by atoms with Crippen LogP contribution in [0.4, 0.5) is 13.2 Å². The molecule has 2 unspecified atom stereocenters. The van der Waals surface area contributed by atoms with Crippen LogP contribution in [0.2, 0.25) is 0 Å². The predicted molar refractivity (Wildman–Crippen MR) is 41.8 cm³/mol. The standard InChI is InChI=1S/C7H10F3N3O/c1-4(6(12)14)13-3-5(2-11)7(8,9)10/h4-5,13H,3H2,1H3,(H2,12,14). The molecule has 0 heterocycles. The van der Waals surface area contributed by atoms with E-state index in [0.29, 0.717) is 0 Å². The van der Waals surface area contributed by atoms with E-state index in [0.717, 1.165) is 6.07 Å². The molecule has 0 bridgehead atoms. The van der Waals surface area contributed by atoms with Crippen LogP contribution in [-0.4, -0.2) is 24.7 Å². The van der Waals surface area contributed by atoms with Crippen molar-refractivity contribution in [2.24, 2.45) is 11.7 Å². The van der Waals surface area contributed by atoms with E-state index in [-0.39, 0.29) is 0 Å². The number of nitrogens with one attached hydrogen (secondary N) is 1. The first-order valence-corrected chi connectivity index (χ1v) is 3.78. The highest BCUT2D eigenvalue weighted by Gasteiger charge is 2.39. The van der Waals surface area contributed by atoms with Crippen LogP contribution in [0.5, 0.6) is 0 Å². The fourth-order valence-corrected chi connectivity index (χ4v) is 0.630. The Balaban J connectivity index is 4.12. The molecule has 0 aromatic rings. The third-order valence-corrected chi connectivity index (χ3v) is 1.61. The minimum atomic E-state index is -4.58. The van der Waals surface area contributed by atoms with Gasteiger partial charge in [-0.15, -0.1) is 0 Å². The van der Waals surface area contributed by atoms with E-state index in [1.54, 1.807) is 0 Å². The number of nitrogens with zero attached hydrogens (tertiary/aromatic N) is 1. The number of nitrogens with two attached hydrogens (primary N) is 1. The number of rotatable bonds is 4. The van der Waals surface area contributed by atoms with Gasteiger partial charge in [0.05, 0.1) is 12.1 Å². The summed E-state index contributed by atoms with van der Waals surface area (Å²) in [7, 11) is 0. The first-order chi connectivity index (χ1) is 6.29. The van der Waals surface area contributed by atoms with Crippen LogP contribution in [0, 0.1) is 17.2 Å². The van der Waals surface area contributed by atoms with Crippen molar-refractivity contribution in [1.29, 1.82) is 5.26 Å². The molecule has 4 nitrogen and oxygen atoms in total. The molecule has 0 aliphatic heterocycles. The van der Waals surface area contributed by atoms with Gasteiger partial charge in [-0.1, -0.05) is 0 Å². The van der Waals surface area contributed by atoms with Crippen LogP contribution in [-0.2, 0) is 4.79 Å². The number of hydrogen-bond acceptors (Lipinski definition) is 3. The van der Waals surface area contributed by atoms with Crippen molar-refractivity contribution in [2.45, 2.75) is 19.1 Å². The lowest BCUT2D eigenvalue weighted by atomic mass is 10.1. The van der Waals surface area contributed by atoms with E-state index in [4.69, 9.17) is 11.0 Å². The molecule has 0 fully saturated rings. The second kappa shape index (κ2) is 4.81. The first-order valence-electron chi connectivity index (χ1n) is 3.78. The lowest BCUT2D eigenvalue weighted by Gasteiger charge is -2.16. The molecule has 0 aromatic carbocycles. The summed E-state index contributed by atoms with van der Waals surface area (Å²) in [4.78, 5) is 10.4. The molecular formula is C7H10F3N3O. The minimum absolute atomic E-state index is 0.635. The zero-order valence-corrected chi connectivity index (χ0v) is 7.43. The van der Waals surface area contributed by atoms with Gasteiger partial charge in [-0.05, 0) is 6.92 Å². The molecular weight excluding hydrogens is 199 g/mol. The molecule has 80 valence electrons. The quantitative estimate of drug-likeness (QED) is 0.691. The average Bonchev–Trinajstić information content (AvgIpc) is 2.02. The molecule has 2 atom stereocenters. The molecule has 7 heteroatoms. The van der Waals surface area contributed by atoms with Gasteiger partial charge in [0.15, 0.2) is 5.92 Å². The summed E-state index contributed by atoms with van der Waals surface area (Å²) in [6.45, 7) is 0.692. The van der Waals surface area contributed by atoms with Crippen LogP contribution in [0.15, 0.2) is 0 Å². The molecule has 0 saturated heterocycles. The van der Waals surface area contributed by atoms with Crippen molar-refractivity contribution in [3.8, 4) is 6.07 Å². The van der Waals surface area contributed by atoms with E-state index in [9.17, 15) is 18.0 Å². The number of amides is 1. The maximum atomic E-state index is 12.0. The molecule has 0 saturated carbocycles. The zero-order chi connectivity index (χ0) is 11.4. The summed E-state index contributed by atoms with van der Waals surface area (Å²) < 4.78 is 36.0. The van der Waals surface area contributed by atoms with Gasteiger partial charge >= 0.3 is 6.18 Å². The Labute approximate surface area is 78.9 Å². The molecule has 14 heavy (non-hydrogen) atoms.